The Morgan fingerprint density at radius 3 is 1.39 bits per heavy atom. The summed E-state index contributed by atoms with van der Waals surface area (Å²) in [5.74, 6) is 7.61. The molecule has 3 saturated carbocycles. The van der Waals surface area contributed by atoms with E-state index in [1.807, 2.05) is 12.2 Å². The van der Waals surface area contributed by atoms with Gasteiger partial charge in [-0.05, 0) is 78.6 Å². The minimum absolute atomic E-state index is 0.0393. The molecule has 0 aromatic carbocycles. The molecule has 0 aromatic heterocycles. The number of aliphatic hydroxyl groups excluding tert-OH is 2. The Kier molecular flexibility index (Phi) is 5.55. The van der Waals surface area contributed by atoms with Crippen molar-refractivity contribution in [2.45, 2.75) is 44.5 Å². The van der Waals surface area contributed by atoms with Crippen LogP contribution in [0.25, 0.3) is 0 Å². The summed E-state index contributed by atoms with van der Waals surface area (Å²) < 4.78 is 5.32. The van der Waals surface area contributed by atoms with E-state index in [1.165, 1.54) is 26.2 Å². The van der Waals surface area contributed by atoms with Crippen LogP contribution >= 0.6 is 0 Å². The maximum absolute atomic E-state index is 10.9. The highest BCUT2D eigenvalue weighted by molar-refractivity contribution is 5.66. The van der Waals surface area contributed by atoms with Gasteiger partial charge in [0.05, 0.1) is 12.2 Å². The zero-order chi connectivity index (χ0) is 24.6. The Labute approximate surface area is 214 Å². The van der Waals surface area contributed by atoms with E-state index in [0.717, 1.165) is 11.8 Å². The highest BCUT2D eigenvalue weighted by Crippen LogP contribution is 2.54. The first-order valence-electron chi connectivity index (χ1n) is 14.1. The zero-order valence-electron chi connectivity index (χ0n) is 20.9. The Bertz CT molecular complexity index is 1030. The van der Waals surface area contributed by atoms with E-state index in [9.17, 15) is 15.0 Å². The van der Waals surface area contributed by atoms with Crippen LogP contribution in [0.15, 0.2) is 72.9 Å². The van der Waals surface area contributed by atoms with E-state index >= 15 is 0 Å². The molecule has 15 atom stereocenters. The SMILES string of the molecule is CC(=O)O[C@@H]1C=C[C@H]2[C@@H]1[C@H]1C=C[C@@H]2C1.O[C@H]1C=C[C@@H]2[C@H]1[C@@H]1C=C[C@H]2C1.O[C@H]1C=C[C@@H]2[C@H]1[C@@H]1C=C[C@H]2C1. The van der Waals surface area contributed by atoms with E-state index in [4.69, 9.17) is 4.74 Å². The van der Waals surface area contributed by atoms with Crippen LogP contribution in [-0.2, 0) is 9.53 Å². The minimum atomic E-state index is -0.160. The van der Waals surface area contributed by atoms with Crippen molar-refractivity contribution in [3.05, 3.63) is 72.9 Å². The number of esters is 1. The highest BCUT2D eigenvalue weighted by atomic mass is 16.5. The second kappa shape index (κ2) is 8.70. The second-order valence-electron chi connectivity index (χ2n) is 12.5. The van der Waals surface area contributed by atoms with Gasteiger partial charge >= 0.3 is 5.97 Å². The maximum atomic E-state index is 10.9. The molecule has 2 N–H and O–H groups in total. The summed E-state index contributed by atoms with van der Waals surface area (Å²) in [6.45, 7) is 1.49. The van der Waals surface area contributed by atoms with Crippen molar-refractivity contribution in [2.75, 3.05) is 0 Å². The zero-order valence-corrected chi connectivity index (χ0v) is 20.9. The second-order valence-corrected chi connectivity index (χ2v) is 12.5. The van der Waals surface area contributed by atoms with Crippen molar-refractivity contribution >= 4 is 5.97 Å². The van der Waals surface area contributed by atoms with Gasteiger partial charge in [-0.25, -0.2) is 0 Å². The normalized spacial score (nSPS) is 53.4. The number of ether oxygens (including phenoxy) is 1. The van der Waals surface area contributed by atoms with Crippen LogP contribution in [0.2, 0.25) is 0 Å². The molecule has 4 nitrogen and oxygen atoms in total. The van der Waals surface area contributed by atoms with Gasteiger partial charge < -0.3 is 14.9 Å². The van der Waals surface area contributed by atoms with Crippen LogP contribution in [0.3, 0.4) is 0 Å². The van der Waals surface area contributed by atoms with Gasteiger partial charge in [0.15, 0.2) is 0 Å². The maximum Gasteiger partial charge on any atom is 0.303 e. The van der Waals surface area contributed by atoms with Gasteiger partial charge in [0.25, 0.3) is 0 Å². The first kappa shape index (κ1) is 23.0. The third-order valence-electron chi connectivity index (χ3n) is 10.8. The lowest BCUT2D eigenvalue weighted by Crippen LogP contribution is -2.27. The molecule has 6 bridgehead atoms. The average Bonchev–Trinajstić information content (AvgIpc) is 3.70. The van der Waals surface area contributed by atoms with Crippen molar-refractivity contribution in [3.8, 4) is 0 Å². The lowest BCUT2D eigenvalue weighted by Gasteiger charge is -2.25. The van der Waals surface area contributed by atoms with Gasteiger partial charge in [-0.15, -0.1) is 0 Å². The van der Waals surface area contributed by atoms with Crippen molar-refractivity contribution in [1.29, 1.82) is 0 Å². The fourth-order valence-corrected chi connectivity index (χ4v) is 9.35. The molecule has 4 heteroatoms. The quantitative estimate of drug-likeness (QED) is 0.419. The molecule has 9 aliphatic rings. The largest absolute Gasteiger partial charge is 0.458 e. The number of carbonyl (C=O) groups excluding carboxylic acids is 1. The van der Waals surface area contributed by atoms with Gasteiger partial charge in [-0.3, -0.25) is 4.79 Å². The van der Waals surface area contributed by atoms with Gasteiger partial charge in [0.1, 0.15) is 6.10 Å². The molecule has 36 heavy (non-hydrogen) atoms. The molecule has 0 heterocycles. The summed E-state index contributed by atoms with van der Waals surface area (Å²) in [4.78, 5) is 10.9. The van der Waals surface area contributed by atoms with Crippen LogP contribution < -0.4 is 0 Å². The van der Waals surface area contributed by atoms with E-state index in [-0.39, 0.29) is 24.3 Å². The number of aliphatic hydroxyl groups is 2. The van der Waals surface area contributed by atoms with E-state index in [2.05, 4.69) is 60.8 Å². The molecule has 0 radical (unpaired) electrons. The number of hydrogen-bond donors (Lipinski definition) is 2. The molecule has 190 valence electrons. The van der Waals surface area contributed by atoms with E-state index in [0.29, 0.717) is 59.2 Å². The first-order valence-corrected chi connectivity index (χ1v) is 14.1. The van der Waals surface area contributed by atoms with Crippen molar-refractivity contribution in [3.63, 3.8) is 0 Å². The fourth-order valence-electron chi connectivity index (χ4n) is 9.35. The first-order chi connectivity index (χ1) is 17.5. The van der Waals surface area contributed by atoms with Crippen molar-refractivity contribution < 1.29 is 19.7 Å². The Morgan fingerprint density at radius 2 is 0.944 bits per heavy atom. The van der Waals surface area contributed by atoms with Gasteiger partial charge in [0.2, 0.25) is 0 Å². The smallest absolute Gasteiger partial charge is 0.303 e. The molecule has 0 aliphatic heterocycles. The van der Waals surface area contributed by atoms with Gasteiger partial charge in [-0.2, -0.15) is 0 Å². The standard InChI is InChI=1S/C12H14O2.2C10H12O/c1-7(13)14-11-5-4-10-8-2-3-9(6-8)12(10)11;2*11-9-4-3-8-6-1-2-7(5-6)10(8)9/h2-5,8-12H,6H2,1H3;2*1-4,6-11H,5H2/t8-,9+,10-,11-,12+;2*6-,7+,8-,9-,10+/m100/s1. The minimum Gasteiger partial charge on any atom is -0.458 e. The third kappa shape index (κ3) is 3.59. The summed E-state index contributed by atoms with van der Waals surface area (Å²) in [5.41, 5.74) is 0. The number of carbonyl (C=O) groups is 1. The lowest BCUT2D eigenvalue weighted by atomic mass is 9.84. The predicted octanol–water partition coefficient (Wildman–Crippen LogP) is 4.64. The summed E-state index contributed by atoms with van der Waals surface area (Å²) >= 11 is 0. The number of allylic oxidation sites excluding steroid dienone is 9. The molecule has 9 aliphatic carbocycles. The molecule has 0 unspecified atom stereocenters. The van der Waals surface area contributed by atoms with Crippen LogP contribution in [0, 0.1) is 71.0 Å². The van der Waals surface area contributed by atoms with Gasteiger partial charge in [-0.1, -0.05) is 66.8 Å². The number of rotatable bonds is 1. The van der Waals surface area contributed by atoms with Crippen molar-refractivity contribution in [2.24, 2.45) is 71.0 Å². The topological polar surface area (TPSA) is 66.8 Å². The molecule has 0 spiro atoms. The fraction of sp³-hybridized carbons (Fsp3) is 0.594. The number of hydrogen-bond acceptors (Lipinski definition) is 4. The van der Waals surface area contributed by atoms with Crippen LogP contribution in [0.4, 0.5) is 0 Å². The average molecular weight is 487 g/mol. The highest BCUT2D eigenvalue weighted by Gasteiger charge is 2.50. The Morgan fingerprint density at radius 1 is 0.556 bits per heavy atom. The van der Waals surface area contributed by atoms with Gasteiger partial charge in [0, 0.05) is 24.7 Å². The predicted molar refractivity (Wildman–Crippen MR) is 138 cm³/mol. The van der Waals surface area contributed by atoms with E-state index in [1.54, 1.807) is 0 Å². The van der Waals surface area contributed by atoms with E-state index < -0.39 is 0 Å². The Hall–Kier alpha value is -2.17. The summed E-state index contributed by atoms with van der Waals surface area (Å²) in [5, 5.41) is 19.2. The molecule has 0 amide bonds. The molecule has 0 aromatic rings. The number of fused-ring (bicyclic) bond motifs is 15. The monoisotopic (exact) mass is 486 g/mol. The lowest BCUT2D eigenvalue weighted by molar-refractivity contribution is -0.146. The summed E-state index contributed by atoms with van der Waals surface area (Å²) in [6.07, 6.45) is 30.1. The Balaban J connectivity index is 0.0000000928. The third-order valence-corrected chi connectivity index (χ3v) is 10.8. The van der Waals surface area contributed by atoms with Crippen molar-refractivity contribution in [1.82, 2.24) is 0 Å². The van der Waals surface area contributed by atoms with Crippen LogP contribution in [0.5, 0.6) is 0 Å². The molecule has 0 saturated heterocycles. The van der Waals surface area contributed by atoms with Crippen LogP contribution in [0.1, 0.15) is 26.2 Å². The molecular weight excluding hydrogens is 448 g/mol. The molecular formula is C32H38O4. The molecule has 9 rings (SSSR count). The summed E-state index contributed by atoms with van der Waals surface area (Å²) in [6, 6.07) is 0. The summed E-state index contributed by atoms with van der Waals surface area (Å²) in [7, 11) is 0. The molecule has 3 fully saturated rings. The van der Waals surface area contributed by atoms with Crippen LogP contribution in [-0.4, -0.2) is 34.5 Å².